The lowest BCUT2D eigenvalue weighted by Gasteiger charge is -2.11. The van der Waals surface area contributed by atoms with Crippen molar-refractivity contribution in [3.63, 3.8) is 0 Å². The topological polar surface area (TPSA) is 77.2 Å². The molecule has 0 aliphatic heterocycles. The second-order valence-corrected chi connectivity index (χ2v) is 3.83. The normalized spacial score (nSPS) is 9.95. The molecule has 0 radical (unpaired) electrons. The van der Waals surface area contributed by atoms with Crippen LogP contribution >= 0.6 is 0 Å². The molecule has 0 spiro atoms. The number of para-hydroxylation sites is 2. The first-order chi connectivity index (χ1) is 9.31. The van der Waals surface area contributed by atoms with Gasteiger partial charge in [-0.1, -0.05) is 12.1 Å². The number of ether oxygens (including phenoxy) is 1. The van der Waals surface area contributed by atoms with Gasteiger partial charge in [0.15, 0.2) is 0 Å². The van der Waals surface area contributed by atoms with Gasteiger partial charge in [0.25, 0.3) is 5.91 Å². The fourth-order valence-corrected chi connectivity index (χ4v) is 1.56. The van der Waals surface area contributed by atoms with Crippen LogP contribution in [0, 0.1) is 0 Å². The van der Waals surface area contributed by atoms with Gasteiger partial charge in [0, 0.05) is 18.9 Å². The first kappa shape index (κ1) is 13.0. The molecule has 0 fully saturated rings. The minimum atomic E-state index is -0.225. The molecule has 0 saturated heterocycles. The van der Waals surface area contributed by atoms with E-state index in [2.05, 4.69) is 10.3 Å². The lowest BCUT2D eigenvalue weighted by Crippen LogP contribution is -2.15. The largest absolute Gasteiger partial charge is 0.490 e. The van der Waals surface area contributed by atoms with Gasteiger partial charge in [0.05, 0.1) is 11.3 Å². The van der Waals surface area contributed by atoms with E-state index in [-0.39, 0.29) is 5.91 Å². The number of carbonyl (C=O) groups is 1. The number of benzene rings is 1. The van der Waals surface area contributed by atoms with E-state index in [0.717, 1.165) is 0 Å². The molecule has 2 aromatic rings. The van der Waals surface area contributed by atoms with Gasteiger partial charge < -0.3 is 15.8 Å². The van der Waals surface area contributed by atoms with Crippen molar-refractivity contribution in [2.45, 2.75) is 0 Å². The lowest BCUT2D eigenvalue weighted by molar-refractivity contribution is 0.102. The van der Waals surface area contributed by atoms with Crippen LogP contribution in [0.3, 0.4) is 0 Å². The Hall–Kier alpha value is -2.40. The van der Waals surface area contributed by atoms with Crippen molar-refractivity contribution in [2.24, 2.45) is 5.73 Å². The molecule has 0 aliphatic rings. The minimum absolute atomic E-state index is 0.225. The molecule has 0 atom stereocenters. The Morgan fingerprint density at radius 3 is 2.84 bits per heavy atom. The van der Waals surface area contributed by atoms with Crippen molar-refractivity contribution in [1.82, 2.24) is 4.98 Å². The number of amides is 1. The highest BCUT2D eigenvalue weighted by Gasteiger charge is 2.09. The molecular weight excluding hydrogens is 242 g/mol. The maximum Gasteiger partial charge on any atom is 0.257 e. The van der Waals surface area contributed by atoms with Crippen LogP contribution in [0.1, 0.15) is 10.4 Å². The number of nitrogens with two attached hydrogens (primary N) is 1. The number of pyridine rings is 1. The van der Waals surface area contributed by atoms with Crippen LogP contribution in [0.4, 0.5) is 5.69 Å². The van der Waals surface area contributed by atoms with Gasteiger partial charge in [-0.25, -0.2) is 0 Å². The van der Waals surface area contributed by atoms with E-state index in [4.69, 9.17) is 10.5 Å². The number of hydrogen-bond donors (Lipinski definition) is 2. The number of rotatable bonds is 5. The van der Waals surface area contributed by atoms with Crippen LogP contribution in [0.2, 0.25) is 0 Å². The van der Waals surface area contributed by atoms with Gasteiger partial charge in [-0.3, -0.25) is 9.78 Å². The van der Waals surface area contributed by atoms with Crippen LogP contribution in [0.15, 0.2) is 48.8 Å². The van der Waals surface area contributed by atoms with Gasteiger partial charge in [-0.05, 0) is 24.3 Å². The second kappa shape index (κ2) is 6.51. The van der Waals surface area contributed by atoms with Crippen LogP contribution in [-0.4, -0.2) is 24.0 Å². The molecule has 3 N–H and O–H groups in total. The molecule has 0 unspecified atom stereocenters. The first-order valence-electron chi connectivity index (χ1n) is 5.94. The van der Waals surface area contributed by atoms with E-state index in [1.165, 1.54) is 6.20 Å². The summed E-state index contributed by atoms with van der Waals surface area (Å²) in [5.74, 6) is 0.377. The van der Waals surface area contributed by atoms with Crippen LogP contribution in [0.5, 0.6) is 5.75 Å². The standard InChI is InChI=1S/C14H15N3O2/c15-7-9-19-13-6-2-1-5-12(13)17-14(18)11-4-3-8-16-10-11/h1-6,8,10H,7,9,15H2,(H,17,18). The molecule has 0 bridgehead atoms. The average molecular weight is 257 g/mol. The Labute approximate surface area is 111 Å². The van der Waals surface area contributed by atoms with Gasteiger partial charge in [-0.2, -0.15) is 0 Å². The number of nitrogens with one attached hydrogen (secondary N) is 1. The summed E-state index contributed by atoms with van der Waals surface area (Å²) in [6.45, 7) is 0.824. The maximum atomic E-state index is 12.0. The summed E-state index contributed by atoms with van der Waals surface area (Å²) in [5, 5.41) is 2.79. The molecule has 19 heavy (non-hydrogen) atoms. The number of anilines is 1. The minimum Gasteiger partial charge on any atom is -0.490 e. The smallest absolute Gasteiger partial charge is 0.257 e. The third-order valence-electron chi connectivity index (χ3n) is 2.43. The van der Waals surface area contributed by atoms with Crippen molar-refractivity contribution in [2.75, 3.05) is 18.5 Å². The Morgan fingerprint density at radius 1 is 1.26 bits per heavy atom. The molecule has 5 nitrogen and oxygen atoms in total. The Balaban J connectivity index is 2.12. The van der Waals surface area contributed by atoms with E-state index < -0.39 is 0 Å². The predicted molar refractivity (Wildman–Crippen MR) is 73.2 cm³/mol. The zero-order valence-electron chi connectivity index (χ0n) is 10.4. The van der Waals surface area contributed by atoms with Crippen LogP contribution in [0.25, 0.3) is 0 Å². The van der Waals surface area contributed by atoms with E-state index in [1.807, 2.05) is 12.1 Å². The molecular formula is C14H15N3O2. The van der Waals surface area contributed by atoms with E-state index in [1.54, 1.807) is 30.5 Å². The molecule has 1 aromatic heterocycles. The molecule has 0 aliphatic carbocycles. The monoisotopic (exact) mass is 257 g/mol. The highest BCUT2D eigenvalue weighted by atomic mass is 16.5. The van der Waals surface area contributed by atoms with Crippen LogP contribution in [-0.2, 0) is 0 Å². The Kier molecular flexibility index (Phi) is 4.47. The molecule has 1 amide bonds. The molecule has 1 aromatic carbocycles. The Bertz CT molecular complexity index is 543. The number of hydrogen-bond acceptors (Lipinski definition) is 4. The summed E-state index contributed by atoms with van der Waals surface area (Å²) in [5.41, 5.74) is 6.51. The zero-order chi connectivity index (χ0) is 13.5. The Morgan fingerprint density at radius 2 is 2.11 bits per heavy atom. The summed E-state index contributed by atoms with van der Waals surface area (Å²) in [7, 11) is 0. The van der Waals surface area contributed by atoms with E-state index in [9.17, 15) is 4.79 Å². The zero-order valence-corrected chi connectivity index (χ0v) is 10.4. The first-order valence-corrected chi connectivity index (χ1v) is 5.94. The average Bonchev–Trinajstić information content (AvgIpc) is 2.47. The van der Waals surface area contributed by atoms with Gasteiger partial charge in [-0.15, -0.1) is 0 Å². The summed E-state index contributed by atoms with van der Waals surface area (Å²) in [4.78, 5) is 15.9. The number of carbonyl (C=O) groups excluding carboxylic acids is 1. The lowest BCUT2D eigenvalue weighted by atomic mass is 10.2. The third kappa shape index (κ3) is 3.53. The van der Waals surface area contributed by atoms with Crippen molar-refractivity contribution >= 4 is 11.6 Å². The molecule has 1 heterocycles. The second-order valence-electron chi connectivity index (χ2n) is 3.83. The SMILES string of the molecule is NCCOc1ccccc1NC(=O)c1cccnc1. The maximum absolute atomic E-state index is 12.0. The van der Waals surface area contributed by atoms with Gasteiger partial charge >= 0.3 is 0 Å². The van der Waals surface area contributed by atoms with Crippen molar-refractivity contribution in [3.05, 3.63) is 54.4 Å². The van der Waals surface area contributed by atoms with Gasteiger partial charge in [0.2, 0.25) is 0 Å². The van der Waals surface area contributed by atoms with Crippen molar-refractivity contribution < 1.29 is 9.53 Å². The molecule has 2 rings (SSSR count). The highest BCUT2D eigenvalue weighted by Crippen LogP contribution is 2.24. The fraction of sp³-hybridized carbons (Fsp3) is 0.143. The third-order valence-corrected chi connectivity index (χ3v) is 2.43. The molecule has 98 valence electrons. The van der Waals surface area contributed by atoms with E-state index >= 15 is 0 Å². The van der Waals surface area contributed by atoms with Gasteiger partial charge in [0.1, 0.15) is 12.4 Å². The predicted octanol–water partition coefficient (Wildman–Crippen LogP) is 1.67. The summed E-state index contributed by atoms with van der Waals surface area (Å²) in [6, 6.07) is 10.6. The summed E-state index contributed by atoms with van der Waals surface area (Å²) in [6.07, 6.45) is 3.13. The molecule has 5 heteroatoms. The van der Waals surface area contributed by atoms with E-state index in [0.29, 0.717) is 30.2 Å². The van der Waals surface area contributed by atoms with Crippen molar-refractivity contribution in [1.29, 1.82) is 0 Å². The number of nitrogens with zero attached hydrogens (tertiary/aromatic N) is 1. The van der Waals surface area contributed by atoms with Crippen LogP contribution < -0.4 is 15.8 Å². The van der Waals surface area contributed by atoms with Crippen molar-refractivity contribution in [3.8, 4) is 5.75 Å². The highest BCUT2D eigenvalue weighted by molar-refractivity contribution is 6.04. The summed E-state index contributed by atoms with van der Waals surface area (Å²) < 4.78 is 5.47. The number of aromatic nitrogens is 1. The molecule has 0 saturated carbocycles. The summed E-state index contributed by atoms with van der Waals surface area (Å²) >= 11 is 0. The fourth-order valence-electron chi connectivity index (χ4n) is 1.56. The quantitative estimate of drug-likeness (QED) is 0.854.